The normalized spacial score (nSPS) is 13.7. The van der Waals surface area contributed by atoms with Crippen molar-refractivity contribution in [2.45, 2.75) is 45.8 Å². The van der Waals surface area contributed by atoms with Gasteiger partial charge in [-0.25, -0.2) is 4.39 Å². The number of alkyl halides is 3. The predicted octanol–water partition coefficient (Wildman–Crippen LogP) is 5.14. The van der Waals surface area contributed by atoms with Crippen LogP contribution in [0.5, 0.6) is 0 Å². The minimum Gasteiger partial charge on any atom is -0.314 e. The SMILES string of the molecule is C=C(C(C)C)[C@H](CNC(C)C)c1ccc(C(F)(F)F)c(F)c1. The van der Waals surface area contributed by atoms with Gasteiger partial charge in [0.05, 0.1) is 5.56 Å². The maximum absolute atomic E-state index is 13.8. The van der Waals surface area contributed by atoms with Gasteiger partial charge in [0.25, 0.3) is 0 Å². The maximum atomic E-state index is 13.8. The zero-order valence-electron chi connectivity index (χ0n) is 13.4. The van der Waals surface area contributed by atoms with Gasteiger partial charge in [0.2, 0.25) is 0 Å². The number of nitrogens with one attached hydrogen (secondary N) is 1. The van der Waals surface area contributed by atoms with E-state index in [0.717, 1.165) is 17.7 Å². The van der Waals surface area contributed by atoms with Gasteiger partial charge in [0.15, 0.2) is 0 Å². The zero-order valence-corrected chi connectivity index (χ0v) is 13.4. The Morgan fingerprint density at radius 3 is 2.18 bits per heavy atom. The van der Waals surface area contributed by atoms with E-state index in [4.69, 9.17) is 0 Å². The first-order chi connectivity index (χ1) is 10.0. The van der Waals surface area contributed by atoms with Crippen LogP contribution < -0.4 is 5.32 Å². The summed E-state index contributed by atoms with van der Waals surface area (Å²) < 4.78 is 51.8. The molecular weight excluding hydrogens is 294 g/mol. The highest BCUT2D eigenvalue weighted by Crippen LogP contribution is 2.34. The van der Waals surface area contributed by atoms with Gasteiger partial charge in [-0.2, -0.15) is 13.2 Å². The van der Waals surface area contributed by atoms with Crippen LogP contribution in [0.25, 0.3) is 0 Å². The first kappa shape index (κ1) is 18.7. The Morgan fingerprint density at radius 2 is 1.77 bits per heavy atom. The Morgan fingerprint density at radius 1 is 1.18 bits per heavy atom. The molecule has 0 aliphatic heterocycles. The molecule has 0 bridgehead atoms. The molecule has 1 nitrogen and oxygen atoms in total. The molecule has 0 saturated heterocycles. The summed E-state index contributed by atoms with van der Waals surface area (Å²) in [5, 5.41) is 3.24. The van der Waals surface area contributed by atoms with Gasteiger partial charge in [0, 0.05) is 18.5 Å². The highest BCUT2D eigenvalue weighted by atomic mass is 19.4. The van der Waals surface area contributed by atoms with Crippen LogP contribution in [0.3, 0.4) is 0 Å². The standard InChI is InChI=1S/C17H23F4N/c1-10(2)12(5)14(9-22-11(3)4)13-6-7-15(16(18)8-13)17(19,20)21/h6-8,10-11,14,22H,5,9H2,1-4H3/t14-/m0/s1. The minimum atomic E-state index is -4.68. The molecule has 0 fully saturated rings. The van der Waals surface area contributed by atoms with Gasteiger partial charge >= 0.3 is 6.18 Å². The van der Waals surface area contributed by atoms with Gasteiger partial charge in [-0.1, -0.05) is 45.9 Å². The van der Waals surface area contributed by atoms with Crippen LogP contribution in [0.2, 0.25) is 0 Å². The smallest absolute Gasteiger partial charge is 0.314 e. The van der Waals surface area contributed by atoms with Crippen LogP contribution in [-0.2, 0) is 6.18 Å². The maximum Gasteiger partial charge on any atom is 0.419 e. The number of hydrogen-bond donors (Lipinski definition) is 1. The Hall–Kier alpha value is -1.36. The largest absolute Gasteiger partial charge is 0.419 e. The average molecular weight is 317 g/mol. The quantitative estimate of drug-likeness (QED) is 0.566. The fourth-order valence-corrected chi connectivity index (χ4v) is 2.20. The molecule has 0 spiro atoms. The third kappa shape index (κ3) is 4.83. The second kappa shape index (κ2) is 7.27. The molecule has 1 rings (SSSR count). The van der Waals surface area contributed by atoms with E-state index in [1.165, 1.54) is 6.07 Å². The van der Waals surface area contributed by atoms with E-state index in [1.807, 2.05) is 27.7 Å². The molecule has 0 saturated carbocycles. The molecule has 0 aromatic heterocycles. The third-order valence-electron chi connectivity index (χ3n) is 3.62. The summed E-state index contributed by atoms with van der Waals surface area (Å²) in [5.74, 6) is -1.31. The van der Waals surface area contributed by atoms with Gasteiger partial charge in [0.1, 0.15) is 5.82 Å². The topological polar surface area (TPSA) is 12.0 Å². The molecule has 0 aliphatic carbocycles. The minimum absolute atomic E-state index is 0.157. The van der Waals surface area contributed by atoms with E-state index >= 15 is 0 Å². The van der Waals surface area contributed by atoms with E-state index in [0.29, 0.717) is 12.1 Å². The molecule has 0 heterocycles. The van der Waals surface area contributed by atoms with Crippen LogP contribution in [0.1, 0.15) is 44.7 Å². The number of hydrogen-bond acceptors (Lipinski definition) is 1. The molecule has 0 radical (unpaired) electrons. The monoisotopic (exact) mass is 317 g/mol. The average Bonchev–Trinajstić information content (AvgIpc) is 2.36. The lowest BCUT2D eigenvalue weighted by Gasteiger charge is -2.25. The Bertz CT molecular complexity index is 518. The number of benzene rings is 1. The molecule has 1 atom stereocenters. The molecule has 22 heavy (non-hydrogen) atoms. The fraction of sp³-hybridized carbons (Fsp3) is 0.529. The lowest BCUT2D eigenvalue weighted by molar-refractivity contribution is -0.140. The van der Waals surface area contributed by atoms with Crippen molar-refractivity contribution in [2.24, 2.45) is 5.92 Å². The van der Waals surface area contributed by atoms with Crippen LogP contribution in [-0.4, -0.2) is 12.6 Å². The van der Waals surface area contributed by atoms with Crippen LogP contribution in [0.15, 0.2) is 30.4 Å². The molecule has 1 aromatic rings. The molecule has 5 heteroatoms. The predicted molar refractivity (Wildman–Crippen MR) is 81.3 cm³/mol. The van der Waals surface area contributed by atoms with E-state index in [9.17, 15) is 17.6 Å². The van der Waals surface area contributed by atoms with Crippen molar-refractivity contribution in [1.82, 2.24) is 5.32 Å². The Kier molecular flexibility index (Phi) is 6.17. The lowest BCUT2D eigenvalue weighted by atomic mass is 9.85. The second-order valence-corrected chi connectivity index (χ2v) is 6.08. The van der Waals surface area contributed by atoms with Crippen LogP contribution in [0, 0.1) is 11.7 Å². The second-order valence-electron chi connectivity index (χ2n) is 6.08. The molecule has 1 N–H and O–H groups in total. The van der Waals surface area contributed by atoms with Crippen molar-refractivity contribution in [3.63, 3.8) is 0 Å². The van der Waals surface area contributed by atoms with Crippen molar-refractivity contribution < 1.29 is 17.6 Å². The molecular formula is C17H23F4N. The van der Waals surface area contributed by atoms with Crippen molar-refractivity contribution in [3.8, 4) is 0 Å². The van der Waals surface area contributed by atoms with Gasteiger partial charge in [-0.3, -0.25) is 0 Å². The van der Waals surface area contributed by atoms with Crippen LogP contribution >= 0.6 is 0 Å². The van der Waals surface area contributed by atoms with Crippen LogP contribution in [0.4, 0.5) is 17.6 Å². The van der Waals surface area contributed by atoms with Gasteiger partial charge in [-0.05, 0) is 23.6 Å². The Labute approximate surface area is 129 Å². The lowest BCUT2D eigenvalue weighted by Crippen LogP contribution is -2.29. The summed E-state index contributed by atoms with van der Waals surface area (Å²) in [6.45, 7) is 12.4. The fourth-order valence-electron chi connectivity index (χ4n) is 2.20. The highest BCUT2D eigenvalue weighted by Gasteiger charge is 2.34. The van der Waals surface area contributed by atoms with E-state index < -0.39 is 17.6 Å². The molecule has 124 valence electrons. The summed E-state index contributed by atoms with van der Waals surface area (Å²) in [4.78, 5) is 0. The summed E-state index contributed by atoms with van der Waals surface area (Å²) in [7, 11) is 0. The number of halogens is 4. The van der Waals surface area contributed by atoms with E-state index in [1.54, 1.807) is 0 Å². The Balaban J connectivity index is 3.14. The molecule has 0 aliphatic rings. The van der Waals surface area contributed by atoms with Gasteiger partial charge in [-0.15, -0.1) is 0 Å². The van der Waals surface area contributed by atoms with E-state index in [-0.39, 0.29) is 17.9 Å². The summed E-state index contributed by atoms with van der Waals surface area (Å²) >= 11 is 0. The first-order valence-electron chi connectivity index (χ1n) is 7.32. The molecule has 0 amide bonds. The van der Waals surface area contributed by atoms with Gasteiger partial charge < -0.3 is 5.32 Å². The number of rotatable bonds is 6. The molecule has 1 aromatic carbocycles. The van der Waals surface area contributed by atoms with Crippen molar-refractivity contribution in [3.05, 3.63) is 47.3 Å². The molecule has 0 unspecified atom stereocenters. The first-order valence-corrected chi connectivity index (χ1v) is 7.32. The summed E-state index contributed by atoms with van der Waals surface area (Å²) in [5.41, 5.74) is 0.145. The summed E-state index contributed by atoms with van der Waals surface area (Å²) in [6.07, 6.45) is -4.68. The highest BCUT2D eigenvalue weighted by molar-refractivity contribution is 5.34. The van der Waals surface area contributed by atoms with Crippen molar-refractivity contribution in [2.75, 3.05) is 6.54 Å². The summed E-state index contributed by atoms with van der Waals surface area (Å²) in [6, 6.07) is 3.34. The van der Waals surface area contributed by atoms with Crippen molar-refractivity contribution in [1.29, 1.82) is 0 Å². The van der Waals surface area contributed by atoms with Crippen molar-refractivity contribution >= 4 is 0 Å². The van der Waals surface area contributed by atoms with E-state index in [2.05, 4.69) is 11.9 Å². The third-order valence-corrected chi connectivity index (χ3v) is 3.62. The zero-order chi connectivity index (χ0) is 17.1.